The minimum Gasteiger partial charge on any atom is -0.481 e. The lowest BCUT2D eigenvalue weighted by molar-refractivity contribution is -0.152. The third kappa shape index (κ3) is 2.63. The molecule has 1 N–H and O–H groups in total. The summed E-state index contributed by atoms with van der Waals surface area (Å²) in [5, 5.41) is 9.31. The zero-order valence-electron chi connectivity index (χ0n) is 10.8. The molecule has 0 bridgehead atoms. The van der Waals surface area contributed by atoms with Crippen LogP contribution in [-0.4, -0.2) is 48.3 Å². The Morgan fingerprint density at radius 1 is 1.59 bits per heavy atom. The molecule has 0 aromatic rings. The average Bonchev–Trinajstić information content (AvgIpc) is 2.81. The summed E-state index contributed by atoms with van der Waals surface area (Å²) in [6.07, 6.45) is 2.90. The highest BCUT2D eigenvalue weighted by Crippen LogP contribution is 2.33. The van der Waals surface area contributed by atoms with Gasteiger partial charge in [-0.3, -0.25) is 9.69 Å². The molecule has 4 heteroatoms. The van der Waals surface area contributed by atoms with Gasteiger partial charge in [0.15, 0.2) is 0 Å². The fourth-order valence-corrected chi connectivity index (χ4v) is 3.03. The fraction of sp³-hybridized carbons (Fsp3) is 0.923. The standard InChI is InChI=1S/C13H23NO3/c1-10(11-4-7-17-8-11)14-6-3-5-13(2,9-14)12(15)16/h10-11H,3-9H2,1-2H3,(H,15,16). The van der Waals surface area contributed by atoms with Gasteiger partial charge >= 0.3 is 5.97 Å². The first-order valence-corrected chi connectivity index (χ1v) is 6.58. The Hall–Kier alpha value is -0.610. The number of ether oxygens (including phenoxy) is 1. The molecule has 4 nitrogen and oxygen atoms in total. The molecule has 0 aliphatic carbocycles. The van der Waals surface area contributed by atoms with Crippen molar-refractivity contribution in [1.29, 1.82) is 0 Å². The molecule has 3 atom stereocenters. The first-order valence-electron chi connectivity index (χ1n) is 6.58. The summed E-state index contributed by atoms with van der Waals surface area (Å²) in [7, 11) is 0. The largest absolute Gasteiger partial charge is 0.481 e. The number of carboxylic acids is 1. The van der Waals surface area contributed by atoms with Crippen molar-refractivity contribution in [3.05, 3.63) is 0 Å². The zero-order valence-corrected chi connectivity index (χ0v) is 10.8. The van der Waals surface area contributed by atoms with Crippen molar-refractivity contribution < 1.29 is 14.6 Å². The van der Waals surface area contributed by atoms with Crippen LogP contribution in [0.3, 0.4) is 0 Å². The van der Waals surface area contributed by atoms with E-state index in [4.69, 9.17) is 4.74 Å². The van der Waals surface area contributed by atoms with Crippen LogP contribution in [0.5, 0.6) is 0 Å². The second kappa shape index (κ2) is 4.94. The molecule has 3 unspecified atom stereocenters. The first-order chi connectivity index (χ1) is 8.03. The van der Waals surface area contributed by atoms with Crippen molar-refractivity contribution in [3.63, 3.8) is 0 Å². The number of hydrogen-bond acceptors (Lipinski definition) is 3. The fourth-order valence-electron chi connectivity index (χ4n) is 3.03. The summed E-state index contributed by atoms with van der Waals surface area (Å²) in [6.45, 7) is 7.49. The summed E-state index contributed by atoms with van der Waals surface area (Å²) in [4.78, 5) is 13.7. The van der Waals surface area contributed by atoms with Crippen LogP contribution in [0.15, 0.2) is 0 Å². The van der Waals surface area contributed by atoms with E-state index in [-0.39, 0.29) is 0 Å². The molecule has 98 valence electrons. The molecule has 2 saturated heterocycles. The Bertz CT molecular complexity index is 288. The molecule has 0 saturated carbocycles. The SMILES string of the molecule is CC(C1CCOC1)N1CCCC(C)(C(=O)O)C1. The molecule has 2 heterocycles. The topological polar surface area (TPSA) is 49.8 Å². The Balaban J connectivity index is 1.99. The normalized spacial score (nSPS) is 36.9. The number of rotatable bonds is 3. The van der Waals surface area contributed by atoms with Gasteiger partial charge in [0, 0.05) is 19.2 Å². The number of carboxylic acid groups (broad SMARTS) is 1. The molecule has 2 fully saturated rings. The van der Waals surface area contributed by atoms with Gasteiger partial charge in [0.05, 0.1) is 12.0 Å². The third-order valence-electron chi connectivity index (χ3n) is 4.47. The van der Waals surface area contributed by atoms with E-state index in [0.717, 1.165) is 39.0 Å². The van der Waals surface area contributed by atoms with Crippen LogP contribution in [0.25, 0.3) is 0 Å². The minimum atomic E-state index is -0.655. The Labute approximate surface area is 103 Å². The minimum absolute atomic E-state index is 0.441. The van der Waals surface area contributed by atoms with E-state index in [1.807, 2.05) is 6.92 Å². The van der Waals surface area contributed by atoms with E-state index >= 15 is 0 Å². The predicted octanol–water partition coefficient (Wildman–Crippen LogP) is 1.60. The number of likely N-dealkylation sites (tertiary alicyclic amines) is 1. The number of hydrogen-bond donors (Lipinski definition) is 1. The van der Waals surface area contributed by atoms with Crippen molar-refractivity contribution in [3.8, 4) is 0 Å². The highest BCUT2D eigenvalue weighted by atomic mass is 16.5. The lowest BCUT2D eigenvalue weighted by Crippen LogP contribution is -2.51. The van der Waals surface area contributed by atoms with E-state index in [0.29, 0.717) is 18.5 Å². The van der Waals surface area contributed by atoms with Gasteiger partial charge in [-0.2, -0.15) is 0 Å². The Morgan fingerprint density at radius 3 is 2.94 bits per heavy atom. The Morgan fingerprint density at radius 2 is 2.35 bits per heavy atom. The van der Waals surface area contributed by atoms with Gasteiger partial charge < -0.3 is 9.84 Å². The van der Waals surface area contributed by atoms with Crippen LogP contribution >= 0.6 is 0 Å². The van der Waals surface area contributed by atoms with Gasteiger partial charge in [-0.15, -0.1) is 0 Å². The molecule has 2 aliphatic rings. The van der Waals surface area contributed by atoms with E-state index in [1.165, 1.54) is 0 Å². The van der Waals surface area contributed by atoms with Crippen LogP contribution in [0.1, 0.15) is 33.1 Å². The molecule has 2 rings (SSSR count). The maximum absolute atomic E-state index is 11.3. The van der Waals surface area contributed by atoms with E-state index in [1.54, 1.807) is 0 Å². The smallest absolute Gasteiger partial charge is 0.310 e. The first kappa shape index (κ1) is 12.8. The maximum Gasteiger partial charge on any atom is 0.310 e. The summed E-state index contributed by atoms with van der Waals surface area (Å²) < 4.78 is 5.43. The number of carbonyl (C=O) groups is 1. The molecule has 0 spiro atoms. The number of nitrogens with zero attached hydrogens (tertiary/aromatic N) is 1. The van der Waals surface area contributed by atoms with E-state index in [9.17, 15) is 9.90 Å². The maximum atomic E-state index is 11.3. The van der Waals surface area contributed by atoms with Crippen molar-refractivity contribution in [2.24, 2.45) is 11.3 Å². The summed E-state index contributed by atoms with van der Waals surface area (Å²) in [5.41, 5.74) is -0.564. The van der Waals surface area contributed by atoms with Crippen LogP contribution in [0.4, 0.5) is 0 Å². The third-order valence-corrected chi connectivity index (χ3v) is 4.47. The second-order valence-electron chi connectivity index (χ2n) is 5.80. The molecule has 2 aliphatic heterocycles. The molecule has 0 amide bonds. The van der Waals surface area contributed by atoms with Gasteiger partial charge in [-0.25, -0.2) is 0 Å². The molecular weight excluding hydrogens is 218 g/mol. The summed E-state index contributed by atoms with van der Waals surface area (Å²) in [5.74, 6) is -0.0804. The highest BCUT2D eigenvalue weighted by molar-refractivity contribution is 5.74. The van der Waals surface area contributed by atoms with Crippen molar-refractivity contribution in [2.75, 3.05) is 26.3 Å². The highest BCUT2D eigenvalue weighted by Gasteiger charge is 2.40. The van der Waals surface area contributed by atoms with E-state index in [2.05, 4.69) is 11.8 Å². The van der Waals surface area contributed by atoms with Crippen LogP contribution in [0, 0.1) is 11.3 Å². The van der Waals surface area contributed by atoms with Gasteiger partial charge in [0.2, 0.25) is 0 Å². The molecule has 0 aromatic carbocycles. The van der Waals surface area contributed by atoms with Gasteiger partial charge in [-0.1, -0.05) is 0 Å². The van der Waals surface area contributed by atoms with Crippen LogP contribution < -0.4 is 0 Å². The lowest BCUT2D eigenvalue weighted by atomic mass is 9.80. The van der Waals surface area contributed by atoms with E-state index < -0.39 is 11.4 Å². The van der Waals surface area contributed by atoms with Gasteiger partial charge in [0.25, 0.3) is 0 Å². The monoisotopic (exact) mass is 241 g/mol. The quantitative estimate of drug-likeness (QED) is 0.815. The summed E-state index contributed by atoms with van der Waals surface area (Å²) in [6, 6.07) is 0.441. The average molecular weight is 241 g/mol. The Kier molecular flexibility index (Phi) is 3.73. The predicted molar refractivity (Wildman–Crippen MR) is 64.9 cm³/mol. The summed E-state index contributed by atoms with van der Waals surface area (Å²) >= 11 is 0. The van der Waals surface area contributed by atoms with Gasteiger partial charge in [-0.05, 0) is 45.6 Å². The number of aliphatic carboxylic acids is 1. The second-order valence-corrected chi connectivity index (χ2v) is 5.80. The lowest BCUT2D eigenvalue weighted by Gasteiger charge is -2.42. The molecular formula is C13H23NO3. The van der Waals surface area contributed by atoms with Crippen LogP contribution in [-0.2, 0) is 9.53 Å². The molecule has 17 heavy (non-hydrogen) atoms. The van der Waals surface area contributed by atoms with Crippen molar-refractivity contribution in [1.82, 2.24) is 4.90 Å². The van der Waals surface area contributed by atoms with Crippen molar-refractivity contribution in [2.45, 2.75) is 39.2 Å². The molecule has 0 aromatic heterocycles. The zero-order chi connectivity index (χ0) is 12.5. The van der Waals surface area contributed by atoms with Crippen LogP contribution in [0.2, 0.25) is 0 Å². The molecule has 0 radical (unpaired) electrons. The van der Waals surface area contributed by atoms with Gasteiger partial charge in [0.1, 0.15) is 0 Å². The number of piperidine rings is 1. The van der Waals surface area contributed by atoms with Crippen molar-refractivity contribution >= 4 is 5.97 Å².